The fraction of sp³-hybridized carbons (Fsp3) is 0.0909. The predicted molar refractivity (Wildman–Crippen MR) is 107 cm³/mol. The minimum atomic E-state index is -1.02. The highest BCUT2D eigenvalue weighted by Crippen LogP contribution is 2.35. The number of methoxy groups -OCH3 is 1. The molecular formula is C22H13ClF3N3O. The summed E-state index contributed by atoms with van der Waals surface area (Å²) in [5.41, 5.74) is 1.54. The highest BCUT2D eigenvalue weighted by Gasteiger charge is 2.19. The normalized spacial score (nSPS) is 10.9. The second-order valence-corrected chi connectivity index (χ2v) is 6.98. The molecule has 0 unspecified atom stereocenters. The van der Waals surface area contributed by atoms with Crippen LogP contribution in [-0.2, 0) is 6.54 Å². The quantitative estimate of drug-likeness (QED) is 0.419. The van der Waals surface area contributed by atoms with Crippen LogP contribution in [0.4, 0.5) is 13.2 Å². The monoisotopic (exact) mass is 427 g/mol. The van der Waals surface area contributed by atoms with Crippen LogP contribution < -0.4 is 4.74 Å². The predicted octanol–water partition coefficient (Wildman–Crippen LogP) is 5.70. The topological polar surface area (TPSA) is 50.8 Å². The van der Waals surface area contributed by atoms with E-state index in [0.717, 1.165) is 12.1 Å². The first-order valence-electron chi connectivity index (χ1n) is 8.79. The molecule has 3 aromatic carbocycles. The van der Waals surface area contributed by atoms with E-state index in [1.54, 1.807) is 34.9 Å². The Labute approximate surface area is 174 Å². The molecule has 4 aromatic rings. The molecule has 4 rings (SSSR count). The van der Waals surface area contributed by atoms with Gasteiger partial charge in [-0.15, -0.1) is 0 Å². The van der Waals surface area contributed by atoms with E-state index >= 15 is 0 Å². The summed E-state index contributed by atoms with van der Waals surface area (Å²) < 4.78 is 48.9. The van der Waals surface area contributed by atoms with Crippen molar-refractivity contribution in [1.29, 1.82) is 5.26 Å². The standard InChI is InChI=1S/C22H13ClF3N3O/c1-30-21-7-14(23)4-5-15(21)22-28-19-8-17(25)18(26)9-20(19)29(22)11-12-2-3-13(10-27)16(24)6-12/h2-9H,11H2,1H3. The van der Waals surface area contributed by atoms with Gasteiger partial charge >= 0.3 is 0 Å². The number of rotatable bonds is 4. The number of hydrogen-bond donors (Lipinski definition) is 0. The third kappa shape index (κ3) is 3.46. The SMILES string of the molecule is COc1cc(Cl)ccc1-c1nc2cc(F)c(F)cc2n1Cc1ccc(C#N)c(F)c1. The van der Waals surface area contributed by atoms with Crippen molar-refractivity contribution >= 4 is 22.6 Å². The second kappa shape index (κ2) is 7.73. The van der Waals surface area contributed by atoms with Crippen molar-refractivity contribution in [2.45, 2.75) is 6.54 Å². The molecule has 0 amide bonds. The lowest BCUT2D eigenvalue weighted by molar-refractivity contribution is 0.416. The largest absolute Gasteiger partial charge is 0.496 e. The van der Waals surface area contributed by atoms with Crippen LogP contribution in [0.3, 0.4) is 0 Å². The zero-order chi connectivity index (χ0) is 21.4. The van der Waals surface area contributed by atoms with E-state index < -0.39 is 17.5 Å². The maximum atomic E-state index is 14.1. The number of nitrogens with zero attached hydrogens (tertiary/aromatic N) is 3. The summed E-state index contributed by atoms with van der Waals surface area (Å²) in [5.74, 6) is -1.92. The van der Waals surface area contributed by atoms with Crippen LogP contribution in [0.15, 0.2) is 48.5 Å². The second-order valence-electron chi connectivity index (χ2n) is 6.55. The summed E-state index contributed by atoms with van der Waals surface area (Å²) in [6, 6.07) is 12.9. The maximum absolute atomic E-state index is 14.1. The Morgan fingerprint density at radius 1 is 1.03 bits per heavy atom. The van der Waals surface area contributed by atoms with Gasteiger partial charge in [0.25, 0.3) is 0 Å². The van der Waals surface area contributed by atoms with Crippen molar-refractivity contribution in [2.24, 2.45) is 0 Å². The highest BCUT2D eigenvalue weighted by molar-refractivity contribution is 6.30. The number of nitriles is 1. The van der Waals surface area contributed by atoms with Gasteiger partial charge in [0.2, 0.25) is 0 Å². The van der Waals surface area contributed by atoms with Crippen LogP contribution in [-0.4, -0.2) is 16.7 Å². The van der Waals surface area contributed by atoms with Gasteiger partial charge in [0, 0.05) is 23.7 Å². The number of aromatic nitrogens is 2. The van der Waals surface area contributed by atoms with Gasteiger partial charge in [0.15, 0.2) is 11.6 Å². The molecule has 0 aliphatic carbocycles. The first-order valence-corrected chi connectivity index (χ1v) is 9.16. The molecule has 0 saturated carbocycles. The number of halogens is 4. The lowest BCUT2D eigenvalue weighted by atomic mass is 10.1. The van der Waals surface area contributed by atoms with Gasteiger partial charge < -0.3 is 9.30 Å². The zero-order valence-electron chi connectivity index (χ0n) is 15.6. The van der Waals surface area contributed by atoms with Crippen LogP contribution >= 0.6 is 11.6 Å². The average molecular weight is 428 g/mol. The lowest BCUT2D eigenvalue weighted by Crippen LogP contribution is -2.04. The molecule has 0 atom stereocenters. The van der Waals surface area contributed by atoms with Crippen LogP contribution in [0.5, 0.6) is 5.75 Å². The Bertz CT molecular complexity index is 1330. The van der Waals surface area contributed by atoms with Gasteiger partial charge in [-0.2, -0.15) is 5.26 Å². The molecule has 30 heavy (non-hydrogen) atoms. The summed E-state index contributed by atoms with van der Waals surface area (Å²) >= 11 is 6.04. The molecule has 0 spiro atoms. The Morgan fingerprint density at radius 3 is 2.50 bits per heavy atom. The van der Waals surface area contributed by atoms with Gasteiger partial charge in [-0.25, -0.2) is 18.2 Å². The van der Waals surface area contributed by atoms with Crippen LogP contribution in [0.25, 0.3) is 22.4 Å². The number of fused-ring (bicyclic) bond motifs is 1. The summed E-state index contributed by atoms with van der Waals surface area (Å²) in [5, 5.41) is 9.38. The lowest BCUT2D eigenvalue weighted by Gasteiger charge is -2.13. The number of hydrogen-bond acceptors (Lipinski definition) is 3. The first-order chi connectivity index (χ1) is 14.4. The van der Waals surface area contributed by atoms with E-state index in [2.05, 4.69) is 4.98 Å². The van der Waals surface area contributed by atoms with E-state index in [-0.39, 0.29) is 17.6 Å². The molecule has 0 radical (unpaired) electrons. The van der Waals surface area contributed by atoms with Crippen molar-refractivity contribution in [3.8, 4) is 23.2 Å². The van der Waals surface area contributed by atoms with Gasteiger partial charge in [0.1, 0.15) is 23.5 Å². The minimum Gasteiger partial charge on any atom is -0.496 e. The van der Waals surface area contributed by atoms with E-state index in [1.165, 1.54) is 19.2 Å². The molecule has 0 N–H and O–H groups in total. The van der Waals surface area contributed by atoms with Gasteiger partial charge in [-0.05, 0) is 35.9 Å². The molecule has 0 bridgehead atoms. The van der Waals surface area contributed by atoms with E-state index in [9.17, 15) is 13.2 Å². The third-order valence-electron chi connectivity index (χ3n) is 4.69. The molecule has 150 valence electrons. The summed E-state index contributed by atoms with van der Waals surface area (Å²) in [6.07, 6.45) is 0. The highest BCUT2D eigenvalue weighted by atomic mass is 35.5. The molecule has 4 nitrogen and oxygen atoms in total. The number of imidazole rings is 1. The van der Waals surface area contributed by atoms with Crippen molar-refractivity contribution in [3.05, 3.63) is 82.1 Å². The van der Waals surface area contributed by atoms with Gasteiger partial charge in [-0.3, -0.25) is 0 Å². The zero-order valence-corrected chi connectivity index (χ0v) is 16.3. The Kier molecular flexibility index (Phi) is 5.10. The van der Waals surface area contributed by atoms with Crippen LogP contribution in [0.1, 0.15) is 11.1 Å². The molecule has 0 fully saturated rings. The fourth-order valence-corrected chi connectivity index (χ4v) is 3.43. The summed E-state index contributed by atoms with van der Waals surface area (Å²) in [4.78, 5) is 4.46. The van der Waals surface area contributed by atoms with Crippen molar-refractivity contribution < 1.29 is 17.9 Å². The van der Waals surface area contributed by atoms with E-state index in [4.69, 9.17) is 21.6 Å². The minimum absolute atomic E-state index is 0.0815. The maximum Gasteiger partial charge on any atom is 0.161 e. The molecule has 0 aliphatic heterocycles. The van der Waals surface area contributed by atoms with Crippen LogP contribution in [0.2, 0.25) is 5.02 Å². The van der Waals surface area contributed by atoms with E-state index in [1.807, 2.05) is 0 Å². The Morgan fingerprint density at radius 2 is 1.80 bits per heavy atom. The Balaban J connectivity index is 1.95. The fourth-order valence-electron chi connectivity index (χ4n) is 3.27. The van der Waals surface area contributed by atoms with Crippen molar-refractivity contribution in [2.75, 3.05) is 7.11 Å². The van der Waals surface area contributed by atoms with Crippen molar-refractivity contribution in [3.63, 3.8) is 0 Å². The number of benzene rings is 3. The van der Waals surface area contributed by atoms with Crippen LogP contribution in [0, 0.1) is 28.8 Å². The molecule has 1 aromatic heterocycles. The Hall–Kier alpha value is -3.50. The van der Waals surface area contributed by atoms with E-state index in [0.29, 0.717) is 33.2 Å². The molecule has 1 heterocycles. The summed E-state index contributed by atoms with van der Waals surface area (Å²) in [7, 11) is 1.47. The van der Waals surface area contributed by atoms with Crippen molar-refractivity contribution in [1.82, 2.24) is 9.55 Å². The summed E-state index contributed by atoms with van der Waals surface area (Å²) in [6.45, 7) is 0.102. The smallest absolute Gasteiger partial charge is 0.161 e. The van der Waals surface area contributed by atoms with Gasteiger partial charge in [0.05, 0.1) is 29.3 Å². The molecule has 0 aliphatic rings. The third-order valence-corrected chi connectivity index (χ3v) is 4.92. The molecule has 0 saturated heterocycles. The average Bonchev–Trinajstić information content (AvgIpc) is 3.05. The van der Waals surface area contributed by atoms with Gasteiger partial charge in [-0.1, -0.05) is 17.7 Å². The first kappa shape index (κ1) is 19.8. The molecule has 8 heteroatoms. The number of ether oxygens (including phenoxy) is 1. The molecular weight excluding hydrogens is 415 g/mol.